The molecule has 0 spiro atoms. The molecule has 0 aliphatic carbocycles. The van der Waals surface area contributed by atoms with Crippen LogP contribution in [-0.2, 0) is 4.79 Å². The van der Waals surface area contributed by atoms with Crippen molar-refractivity contribution in [3.63, 3.8) is 0 Å². The summed E-state index contributed by atoms with van der Waals surface area (Å²) < 4.78 is 0. The van der Waals surface area contributed by atoms with Crippen molar-refractivity contribution in [2.75, 3.05) is 6.26 Å². The average Bonchev–Trinajstić information content (AvgIpc) is 2.53. The fourth-order valence-corrected chi connectivity index (χ4v) is 2.31. The number of nitrogens with zero attached hydrogens (tertiary/aromatic N) is 1. The van der Waals surface area contributed by atoms with Crippen molar-refractivity contribution in [1.82, 2.24) is 0 Å². The van der Waals surface area contributed by atoms with Crippen LogP contribution >= 0.6 is 11.8 Å². The molecule has 0 aliphatic rings. The first-order valence-electron chi connectivity index (χ1n) is 6.35. The van der Waals surface area contributed by atoms with Crippen LogP contribution in [0.15, 0.2) is 53.4 Å². The van der Waals surface area contributed by atoms with E-state index in [0.717, 1.165) is 10.5 Å². The molecule has 0 radical (unpaired) electrons. The molecule has 1 N–H and O–H groups in total. The number of thioether (sulfide) groups is 1. The van der Waals surface area contributed by atoms with Crippen LogP contribution in [-0.4, -0.2) is 22.3 Å². The summed E-state index contributed by atoms with van der Waals surface area (Å²) in [6.07, 6.45) is 3.51. The van der Waals surface area contributed by atoms with Crippen LogP contribution in [0.3, 0.4) is 0 Å². The van der Waals surface area contributed by atoms with E-state index in [2.05, 4.69) is 0 Å². The maximum Gasteiger partial charge on any atom is 0.336 e. The third-order valence-corrected chi connectivity index (χ3v) is 3.79. The van der Waals surface area contributed by atoms with Crippen LogP contribution in [0.1, 0.15) is 11.1 Å². The molecule has 0 unspecified atom stereocenters. The number of rotatable bonds is 5. The van der Waals surface area contributed by atoms with Gasteiger partial charge in [-0.05, 0) is 47.7 Å². The van der Waals surface area contributed by atoms with Gasteiger partial charge in [0.2, 0.25) is 0 Å². The van der Waals surface area contributed by atoms with Gasteiger partial charge in [0.25, 0.3) is 5.69 Å². The lowest BCUT2D eigenvalue weighted by Gasteiger charge is -2.04. The van der Waals surface area contributed by atoms with Crippen LogP contribution in [0.2, 0.25) is 0 Å². The number of benzene rings is 2. The molecule has 0 amide bonds. The topological polar surface area (TPSA) is 80.4 Å². The summed E-state index contributed by atoms with van der Waals surface area (Å²) >= 11 is 1.60. The molecule has 0 atom stereocenters. The smallest absolute Gasteiger partial charge is 0.336 e. The fourth-order valence-electron chi connectivity index (χ4n) is 1.90. The van der Waals surface area contributed by atoms with E-state index in [1.807, 2.05) is 30.5 Å². The highest BCUT2D eigenvalue weighted by molar-refractivity contribution is 7.98. The van der Waals surface area contributed by atoms with Crippen LogP contribution in [0.5, 0.6) is 0 Å². The summed E-state index contributed by atoms with van der Waals surface area (Å²) in [6, 6.07) is 13.0. The van der Waals surface area contributed by atoms with E-state index in [4.69, 9.17) is 0 Å². The van der Waals surface area contributed by atoms with Gasteiger partial charge in [0.05, 0.1) is 10.5 Å². The number of nitro groups is 1. The number of hydrogen-bond acceptors (Lipinski definition) is 4. The van der Waals surface area contributed by atoms with Gasteiger partial charge >= 0.3 is 5.97 Å². The SMILES string of the molecule is CSc1ccc(/C=C(\C(=O)O)c2ccc([N+](=O)[O-])cc2)cc1. The standard InChI is InChI=1S/C16H13NO4S/c1-22-14-8-2-11(3-9-14)10-15(16(18)19)12-4-6-13(7-5-12)17(20)21/h2-10H,1H3,(H,18,19)/b15-10-. The second-order valence-electron chi connectivity index (χ2n) is 4.44. The number of nitro benzene ring substituents is 1. The first-order chi connectivity index (χ1) is 10.5. The maximum atomic E-state index is 11.4. The maximum absolute atomic E-state index is 11.4. The van der Waals surface area contributed by atoms with E-state index in [-0.39, 0.29) is 11.3 Å². The van der Waals surface area contributed by atoms with Gasteiger partial charge < -0.3 is 5.11 Å². The molecule has 0 saturated heterocycles. The summed E-state index contributed by atoms with van der Waals surface area (Å²) in [6.45, 7) is 0. The molecule has 5 nitrogen and oxygen atoms in total. The van der Waals surface area contributed by atoms with E-state index in [1.54, 1.807) is 17.8 Å². The van der Waals surface area contributed by atoms with Gasteiger partial charge in [0.1, 0.15) is 0 Å². The number of hydrogen-bond donors (Lipinski definition) is 1. The molecule has 0 heterocycles. The molecule has 0 bridgehead atoms. The Morgan fingerprint density at radius 3 is 2.18 bits per heavy atom. The number of carbonyl (C=O) groups is 1. The summed E-state index contributed by atoms with van der Waals surface area (Å²) in [5, 5.41) is 20.0. The highest BCUT2D eigenvalue weighted by atomic mass is 32.2. The monoisotopic (exact) mass is 315 g/mol. The predicted molar refractivity (Wildman–Crippen MR) is 86.8 cm³/mol. The third-order valence-electron chi connectivity index (χ3n) is 3.05. The molecule has 22 heavy (non-hydrogen) atoms. The number of non-ortho nitro benzene ring substituents is 1. The third kappa shape index (κ3) is 3.73. The van der Waals surface area contributed by atoms with Gasteiger partial charge in [0.15, 0.2) is 0 Å². The van der Waals surface area contributed by atoms with Gasteiger partial charge in [-0.15, -0.1) is 11.8 Å². The number of carboxylic acid groups (broad SMARTS) is 1. The minimum absolute atomic E-state index is 0.0715. The van der Waals surface area contributed by atoms with Gasteiger partial charge in [-0.1, -0.05) is 12.1 Å². The Hall–Kier alpha value is -2.60. The minimum Gasteiger partial charge on any atom is -0.478 e. The van der Waals surface area contributed by atoms with Crippen LogP contribution in [0.4, 0.5) is 5.69 Å². The zero-order valence-electron chi connectivity index (χ0n) is 11.7. The van der Waals surface area contributed by atoms with E-state index in [1.165, 1.54) is 24.3 Å². The average molecular weight is 315 g/mol. The molecule has 0 aliphatic heterocycles. The molecule has 2 aromatic carbocycles. The van der Waals surface area contributed by atoms with E-state index in [9.17, 15) is 20.0 Å². The summed E-state index contributed by atoms with van der Waals surface area (Å²) in [5.74, 6) is -1.08. The first kappa shape index (κ1) is 15.8. The number of aliphatic carboxylic acids is 1. The van der Waals surface area contributed by atoms with Gasteiger partial charge in [-0.2, -0.15) is 0 Å². The lowest BCUT2D eigenvalue weighted by Crippen LogP contribution is -2.00. The molecule has 0 aromatic heterocycles. The van der Waals surface area contributed by atoms with Crippen LogP contribution in [0, 0.1) is 10.1 Å². The predicted octanol–water partition coefficient (Wildman–Crippen LogP) is 3.94. The minimum atomic E-state index is -1.08. The van der Waals surface area contributed by atoms with Crippen molar-refractivity contribution in [2.45, 2.75) is 4.90 Å². The van der Waals surface area contributed by atoms with Crippen LogP contribution in [0.25, 0.3) is 11.6 Å². The molecule has 0 fully saturated rings. The number of carboxylic acids is 1. The second kappa shape index (κ2) is 6.91. The highest BCUT2D eigenvalue weighted by Crippen LogP contribution is 2.23. The summed E-state index contributed by atoms with van der Waals surface area (Å²) in [7, 11) is 0. The second-order valence-corrected chi connectivity index (χ2v) is 5.32. The highest BCUT2D eigenvalue weighted by Gasteiger charge is 2.12. The van der Waals surface area contributed by atoms with Gasteiger partial charge in [-0.25, -0.2) is 4.79 Å². The van der Waals surface area contributed by atoms with Crippen molar-refractivity contribution in [3.8, 4) is 0 Å². The van der Waals surface area contributed by atoms with Crippen molar-refractivity contribution >= 4 is 35.1 Å². The Morgan fingerprint density at radius 1 is 1.14 bits per heavy atom. The van der Waals surface area contributed by atoms with E-state index in [0.29, 0.717) is 5.56 Å². The fraction of sp³-hybridized carbons (Fsp3) is 0.0625. The first-order valence-corrected chi connectivity index (χ1v) is 7.57. The van der Waals surface area contributed by atoms with E-state index < -0.39 is 10.9 Å². The summed E-state index contributed by atoms with van der Waals surface area (Å²) in [5.41, 5.74) is 1.20. The molecule has 0 saturated carbocycles. The van der Waals surface area contributed by atoms with Gasteiger partial charge in [-0.3, -0.25) is 10.1 Å². The van der Waals surface area contributed by atoms with Gasteiger partial charge in [0, 0.05) is 17.0 Å². The van der Waals surface area contributed by atoms with Crippen molar-refractivity contribution in [1.29, 1.82) is 0 Å². The van der Waals surface area contributed by atoms with E-state index >= 15 is 0 Å². The summed E-state index contributed by atoms with van der Waals surface area (Å²) in [4.78, 5) is 22.6. The molecular formula is C16H13NO4S. The Labute approximate surface area is 131 Å². The van der Waals surface area contributed by atoms with Crippen molar-refractivity contribution in [2.24, 2.45) is 0 Å². The lowest BCUT2D eigenvalue weighted by atomic mass is 10.0. The Bertz CT molecular complexity index is 721. The zero-order chi connectivity index (χ0) is 16.1. The largest absolute Gasteiger partial charge is 0.478 e. The molecular weight excluding hydrogens is 302 g/mol. The van der Waals surface area contributed by atoms with Crippen molar-refractivity contribution < 1.29 is 14.8 Å². The normalized spacial score (nSPS) is 11.2. The quantitative estimate of drug-likeness (QED) is 0.297. The molecule has 6 heteroatoms. The Balaban J connectivity index is 2.38. The molecule has 2 rings (SSSR count). The zero-order valence-corrected chi connectivity index (χ0v) is 12.5. The van der Waals surface area contributed by atoms with Crippen molar-refractivity contribution in [3.05, 3.63) is 69.8 Å². The molecule has 112 valence electrons. The molecule has 2 aromatic rings. The lowest BCUT2D eigenvalue weighted by molar-refractivity contribution is -0.384. The Kier molecular flexibility index (Phi) is 4.95. The van der Waals surface area contributed by atoms with Crippen LogP contribution < -0.4 is 0 Å². The Morgan fingerprint density at radius 2 is 1.73 bits per heavy atom.